The van der Waals surface area contributed by atoms with Crippen LogP contribution in [0.3, 0.4) is 0 Å². The van der Waals surface area contributed by atoms with Gasteiger partial charge in [-0.3, -0.25) is 0 Å². The van der Waals surface area contributed by atoms with Crippen LogP contribution in [0.1, 0.15) is 89.4 Å². The van der Waals surface area contributed by atoms with Gasteiger partial charge >= 0.3 is 5.97 Å². The van der Waals surface area contributed by atoms with E-state index in [1.807, 2.05) is 48.5 Å². The Morgan fingerprint density at radius 2 is 1.29 bits per heavy atom. The molecule has 0 N–H and O–H groups in total. The van der Waals surface area contributed by atoms with Crippen molar-refractivity contribution in [1.82, 2.24) is 0 Å². The smallest absolute Gasteiger partial charge is 0.343 e. The minimum Gasteiger partial charge on any atom is -0.494 e. The molecule has 3 aromatic carbocycles. The average Bonchev–Trinajstić information content (AvgIpc) is 2.94. The third-order valence-corrected chi connectivity index (χ3v) is 6.95. The normalized spacial score (nSPS) is 12.5. The number of rotatable bonds is 16. The number of hydrogen-bond donors (Lipinski definition) is 0. The molecule has 4 nitrogen and oxygen atoms in total. The fourth-order valence-corrected chi connectivity index (χ4v) is 4.27. The summed E-state index contributed by atoms with van der Waals surface area (Å²) in [5.74, 6) is 2.55. The van der Waals surface area contributed by atoms with Gasteiger partial charge in [-0.2, -0.15) is 0 Å². The van der Waals surface area contributed by atoms with Gasteiger partial charge in [0.25, 0.3) is 0 Å². The summed E-state index contributed by atoms with van der Waals surface area (Å²) < 4.78 is 17.5. The first kappa shape index (κ1) is 29.3. The lowest BCUT2D eigenvalue weighted by Gasteiger charge is -2.14. The van der Waals surface area contributed by atoms with Crippen LogP contribution in [0.15, 0.2) is 72.8 Å². The number of carbonyl (C=O) groups is 1. The molecule has 0 aromatic heterocycles. The SMILES string of the molecule is CCCCCC[C@@H](C)Oc1ccc(C(=O)Oc2ccc(-c3ccc(OCCC[C@@H](C)CC)cc3)cc2)cc1. The fourth-order valence-electron chi connectivity index (χ4n) is 4.27. The van der Waals surface area contributed by atoms with Crippen LogP contribution in [0, 0.1) is 5.92 Å². The highest BCUT2D eigenvalue weighted by atomic mass is 16.5. The topological polar surface area (TPSA) is 44.8 Å². The molecule has 0 radical (unpaired) electrons. The van der Waals surface area contributed by atoms with Crippen molar-refractivity contribution in [2.24, 2.45) is 5.92 Å². The monoisotopic (exact) mass is 516 g/mol. The van der Waals surface area contributed by atoms with Gasteiger partial charge < -0.3 is 14.2 Å². The third-order valence-electron chi connectivity index (χ3n) is 6.95. The Labute approximate surface area is 229 Å². The van der Waals surface area contributed by atoms with Crippen molar-refractivity contribution >= 4 is 5.97 Å². The zero-order valence-electron chi connectivity index (χ0n) is 23.6. The summed E-state index contributed by atoms with van der Waals surface area (Å²) in [4.78, 5) is 12.6. The van der Waals surface area contributed by atoms with Gasteiger partial charge in [-0.1, -0.05) is 70.7 Å². The van der Waals surface area contributed by atoms with E-state index in [-0.39, 0.29) is 12.1 Å². The molecule has 0 aliphatic carbocycles. The minimum absolute atomic E-state index is 0.159. The molecule has 0 saturated carbocycles. The Hall–Kier alpha value is -3.27. The fraction of sp³-hybridized carbons (Fsp3) is 0.441. The largest absolute Gasteiger partial charge is 0.494 e. The summed E-state index contributed by atoms with van der Waals surface area (Å²) in [7, 11) is 0. The molecule has 0 amide bonds. The predicted octanol–water partition coefficient (Wildman–Crippen LogP) is 9.52. The number of ether oxygens (including phenoxy) is 3. The molecule has 2 atom stereocenters. The van der Waals surface area contributed by atoms with Crippen molar-refractivity contribution < 1.29 is 19.0 Å². The number of esters is 1. The van der Waals surface area contributed by atoms with E-state index in [9.17, 15) is 4.79 Å². The van der Waals surface area contributed by atoms with Crippen molar-refractivity contribution in [2.45, 2.75) is 85.2 Å². The van der Waals surface area contributed by atoms with E-state index in [4.69, 9.17) is 14.2 Å². The van der Waals surface area contributed by atoms with Crippen LogP contribution >= 0.6 is 0 Å². The van der Waals surface area contributed by atoms with Crippen LogP contribution in [0.25, 0.3) is 11.1 Å². The van der Waals surface area contributed by atoms with Crippen LogP contribution in [0.5, 0.6) is 17.2 Å². The van der Waals surface area contributed by atoms with Gasteiger partial charge in [0.15, 0.2) is 0 Å². The Balaban J connectivity index is 1.46. The second kappa shape index (κ2) is 15.9. The Morgan fingerprint density at radius 1 is 0.684 bits per heavy atom. The maximum atomic E-state index is 12.6. The molecule has 0 fully saturated rings. The molecule has 3 aromatic rings. The van der Waals surface area contributed by atoms with E-state index in [1.54, 1.807) is 12.1 Å². The molecule has 38 heavy (non-hydrogen) atoms. The van der Waals surface area contributed by atoms with Crippen LogP contribution < -0.4 is 14.2 Å². The first-order valence-corrected chi connectivity index (χ1v) is 14.3. The second-order valence-corrected chi connectivity index (χ2v) is 10.2. The number of unbranched alkanes of at least 4 members (excludes halogenated alkanes) is 3. The van der Waals surface area contributed by atoms with Crippen LogP contribution in [-0.2, 0) is 0 Å². The molecule has 0 saturated heterocycles. The molecule has 0 unspecified atom stereocenters. The summed E-state index contributed by atoms with van der Waals surface area (Å²) in [6.07, 6.45) is 9.62. The summed E-state index contributed by atoms with van der Waals surface area (Å²) in [5.41, 5.74) is 2.64. The third kappa shape index (κ3) is 9.89. The molecule has 0 spiro atoms. The molecule has 3 rings (SSSR count). The molecule has 0 aliphatic heterocycles. The van der Waals surface area contributed by atoms with E-state index in [0.29, 0.717) is 11.3 Å². The first-order valence-electron chi connectivity index (χ1n) is 14.3. The molecule has 0 bridgehead atoms. The molecule has 204 valence electrons. The van der Waals surface area contributed by atoms with Gasteiger partial charge in [0.1, 0.15) is 17.2 Å². The van der Waals surface area contributed by atoms with Crippen molar-refractivity contribution in [3.8, 4) is 28.4 Å². The van der Waals surface area contributed by atoms with Gasteiger partial charge in [-0.05, 0) is 98.2 Å². The summed E-state index contributed by atoms with van der Waals surface area (Å²) in [6.45, 7) is 9.57. The van der Waals surface area contributed by atoms with Crippen molar-refractivity contribution in [2.75, 3.05) is 6.61 Å². The lowest BCUT2D eigenvalue weighted by molar-refractivity contribution is 0.0734. The lowest BCUT2D eigenvalue weighted by atomic mass is 10.0. The summed E-state index contributed by atoms with van der Waals surface area (Å²) in [5, 5.41) is 0. The summed E-state index contributed by atoms with van der Waals surface area (Å²) >= 11 is 0. The van der Waals surface area contributed by atoms with Gasteiger partial charge in [-0.15, -0.1) is 0 Å². The van der Waals surface area contributed by atoms with E-state index >= 15 is 0 Å². The maximum absolute atomic E-state index is 12.6. The van der Waals surface area contributed by atoms with Gasteiger partial charge in [0.05, 0.1) is 18.3 Å². The van der Waals surface area contributed by atoms with Crippen LogP contribution in [0.4, 0.5) is 0 Å². The molecular formula is C34H44O4. The van der Waals surface area contributed by atoms with Crippen LogP contribution in [0.2, 0.25) is 0 Å². The van der Waals surface area contributed by atoms with E-state index in [1.165, 1.54) is 38.5 Å². The zero-order valence-corrected chi connectivity index (χ0v) is 23.6. The Morgan fingerprint density at radius 3 is 1.89 bits per heavy atom. The van der Waals surface area contributed by atoms with Crippen molar-refractivity contribution in [3.05, 3.63) is 78.4 Å². The molecule has 4 heteroatoms. The highest BCUT2D eigenvalue weighted by molar-refractivity contribution is 5.91. The quantitative estimate of drug-likeness (QED) is 0.108. The number of benzene rings is 3. The second-order valence-electron chi connectivity index (χ2n) is 10.2. The predicted molar refractivity (Wildman–Crippen MR) is 156 cm³/mol. The standard InChI is InChI=1S/C34H44O4/c1-5-7-8-9-12-27(4)37-32-23-17-30(18-24-32)34(35)38-33-21-15-29(16-22-33)28-13-19-31(20-14-28)36-25-10-11-26(3)6-2/h13-24,26-27H,5-12,25H2,1-4H3/t26-,27+/m0/s1. The van der Waals surface area contributed by atoms with Gasteiger partial charge in [0, 0.05) is 0 Å². The average molecular weight is 517 g/mol. The minimum atomic E-state index is -0.383. The van der Waals surface area contributed by atoms with E-state index in [2.05, 4.69) is 39.8 Å². The Kier molecular flexibility index (Phi) is 12.2. The Bertz CT molecular complexity index is 1070. The number of carbonyl (C=O) groups excluding carboxylic acids is 1. The van der Waals surface area contributed by atoms with Crippen LogP contribution in [-0.4, -0.2) is 18.7 Å². The van der Waals surface area contributed by atoms with Gasteiger partial charge in [-0.25, -0.2) is 4.79 Å². The summed E-state index contributed by atoms with van der Waals surface area (Å²) in [6, 6.07) is 22.9. The van der Waals surface area contributed by atoms with E-state index in [0.717, 1.165) is 48.0 Å². The molecule has 0 aliphatic rings. The zero-order chi connectivity index (χ0) is 27.2. The maximum Gasteiger partial charge on any atom is 0.343 e. The van der Waals surface area contributed by atoms with Gasteiger partial charge in [0.2, 0.25) is 0 Å². The molecular weight excluding hydrogens is 472 g/mol. The first-order chi connectivity index (χ1) is 18.5. The van der Waals surface area contributed by atoms with Crippen molar-refractivity contribution in [1.29, 1.82) is 0 Å². The van der Waals surface area contributed by atoms with Crippen molar-refractivity contribution in [3.63, 3.8) is 0 Å². The number of hydrogen-bond acceptors (Lipinski definition) is 4. The van der Waals surface area contributed by atoms with E-state index < -0.39 is 0 Å². The highest BCUT2D eigenvalue weighted by Gasteiger charge is 2.11. The lowest BCUT2D eigenvalue weighted by Crippen LogP contribution is -2.12. The molecule has 0 heterocycles. The highest BCUT2D eigenvalue weighted by Crippen LogP contribution is 2.26.